The van der Waals surface area contributed by atoms with Crippen LogP contribution in [0.25, 0.3) is 0 Å². The summed E-state index contributed by atoms with van der Waals surface area (Å²) in [6.45, 7) is 10.7. The molecule has 0 saturated carbocycles. The van der Waals surface area contributed by atoms with Crippen LogP contribution in [0.2, 0.25) is 0 Å². The number of unbranched alkanes of at least 4 members (excludes halogenated alkanes) is 1. The van der Waals surface area contributed by atoms with Gasteiger partial charge in [0.1, 0.15) is 36.9 Å². The van der Waals surface area contributed by atoms with Crippen LogP contribution in [-0.2, 0) is 22.4 Å². The Labute approximate surface area is 276 Å². The first kappa shape index (κ1) is 39.0. The highest BCUT2D eigenvalue weighted by molar-refractivity contribution is 5.76. The van der Waals surface area contributed by atoms with Crippen molar-refractivity contribution in [3.05, 3.63) is 59.7 Å². The standard InChI is InChI=1S/C36H58N4O6/c1-27(2)39-23-31(41)25-45-33-17-7-5-13-29(33)15-11-19-35(43)37-21-9-10-22-38-36(44)20-12-16-30-14-6-8-18-34(30)46-26-32(42)24-40-28(3)4/h5-8,13-14,17-18,27-28,31-32,39-42H,9-12,15-16,19-26H2,1-4H3,(H,37,43)(H,38,44)/t31-,32-/m0/s1. The number of amides is 2. The van der Waals surface area contributed by atoms with E-state index in [0.717, 1.165) is 35.5 Å². The summed E-state index contributed by atoms with van der Waals surface area (Å²) in [5.41, 5.74) is 2.05. The van der Waals surface area contributed by atoms with Gasteiger partial charge in [0.25, 0.3) is 0 Å². The van der Waals surface area contributed by atoms with Gasteiger partial charge in [-0.2, -0.15) is 0 Å². The molecule has 46 heavy (non-hydrogen) atoms. The Kier molecular flexibility index (Phi) is 19.7. The summed E-state index contributed by atoms with van der Waals surface area (Å²) in [6, 6.07) is 16.1. The molecule has 258 valence electrons. The van der Waals surface area contributed by atoms with Crippen LogP contribution in [0.3, 0.4) is 0 Å². The van der Waals surface area contributed by atoms with Crippen LogP contribution in [-0.4, -0.2) is 85.7 Å². The first-order valence-electron chi connectivity index (χ1n) is 16.9. The molecule has 0 aromatic heterocycles. The molecule has 0 saturated heterocycles. The van der Waals surface area contributed by atoms with Crippen LogP contribution in [0.5, 0.6) is 11.5 Å². The van der Waals surface area contributed by atoms with E-state index in [0.29, 0.717) is 76.8 Å². The third-order valence-electron chi connectivity index (χ3n) is 7.28. The Morgan fingerprint density at radius 3 is 1.41 bits per heavy atom. The summed E-state index contributed by atoms with van der Waals surface area (Å²) in [4.78, 5) is 24.6. The number of aliphatic hydroxyl groups is 2. The van der Waals surface area contributed by atoms with E-state index >= 15 is 0 Å². The second-order valence-corrected chi connectivity index (χ2v) is 12.4. The lowest BCUT2D eigenvalue weighted by Crippen LogP contribution is -2.35. The van der Waals surface area contributed by atoms with E-state index in [1.54, 1.807) is 0 Å². The number of carbonyl (C=O) groups is 2. The Morgan fingerprint density at radius 1 is 0.630 bits per heavy atom. The number of ether oxygens (including phenoxy) is 2. The summed E-state index contributed by atoms with van der Waals surface area (Å²) in [7, 11) is 0. The van der Waals surface area contributed by atoms with Crippen molar-refractivity contribution < 1.29 is 29.3 Å². The van der Waals surface area contributed by atoms with Gasteiger partial charge < -0.3 is 41.0 Å². The molecule has 2 amide bonds. The number of hydrogen-bond donors (Lipinski definition) is 6. The third kappa shape index (κ3) is 18.1. The maximum absolute atomic E-state index is 12.3. The molecule has 0 radical (unpaired) electrons. The second-order valence-electron chi connectivity index (χ2n) is 12.4. The zero-order valence-electron chi connectivity index (χ0n) is 28.4. The van der Waals surface area contributed by atoms with Gasteiger partial charge >= 0.3 is 0 Å². The van der Waals surface area contributed by atoms with E-state index in [1.807, 2.05) is 76.2 Å². The van der Waals surface area contributed by atoms with Crippen LogP contribution in [0.1, 0.15) is 77.3 Å². The Balaban J connectivity index is 1.54. The highest BCUT2D eigenvalue weighted by atomic mass is 16.5. The van der Waals surface area contributed by atoms with E-state index in [-0.39, 0.29) is 25.0 Å². The molecule has 2 aromatic rings. The molecule has 10 heteroatoms. The smallest absolute Gasteiger partial charge is 0.220 e. The molecule has 0 bridgehead atoms. The molecule has 2 atom stereocenters. The SMILES string of the molecule is CC(C)NC[C@H](O)COc1ccccc1CCCC(=O)NCCCCNC(=O)CCCc1ccccc1OC[C@@H](O)CNC(C)C. The molecular weight excluding hydrogens is 584 g/mol. The summed E-state index contributed by atoms with van der Waals surface area (Å²) in [5, 5.41) is 32.6. The molecule has 0 aliphatic carbocycles. The van der Waals surface area contributed by atoms with Crippen molar-refractivity contribution in [3.8, 4) is 11.5 Å². The average Bonchev–Trinajstić information content (AvgIpc) is 3.03. The first-order chi connectivity index (χ1) is 22.1. The zero-order valence-corrected chi connectivity index (χ0v) is 28.4. The van der Waals surface area contributed by atoms with Crippen molar-refractivity contribution in [3.63, 3.8) is 0 Å². The molecule has 6 N–H and O–H groups in total. The number of aliphatic hydroxyl groups excluding tert-OH is 2. The first-order valence-corrected chi connectivity index (χ1v) is 16.9. The molecule has 0 unspecified atom stereocenters. The molecule has 0 heterocycles. The number of benzene rings is 2. The minimum Gasteiger partial charge on any atom is -0.491 e. The maximum Gasteiger partial charge on any atom is 0.220 e. The fraction of sp³-hybridized carbons (Fsp3) is 0.611. The molecule has 10 nitrogen and oxygen atoms in total. The predicted molar refractivity (Wildman–Crippen MR) is 183 cm³/mol. The van der Waals surface area contributed by atoms with Gasteiger partial charge in [-0.15, -0.1) is 0 Å². The summed E-state index contributed by atoms with van der Waals surface area (Å²) in [6.07, 6.45) is 4.09. The van der Waals surface area contributed by atoms with Gasteiger partial charge in [0, 0.05) is 51.1 Å². The number of carbonyl (C=O) groups excluding carboxylic acids is 2. The molecule has 0 aliphatic heterocycles. The van der Waals surface area contributed by atoms with Crippen LogP contribution in [0.15, 0.2) is 48.5 Å². The number of hydrogen-bond acceptors (Lipinski definition) is 8. The monoisotopic (exact) mass is 642 g/mol. The molecule has 0 fully saturated rings. The van der Waals surface area contributed by atoms with Crippen molar-refractivity contribution in [2.75, 3.05) is 39.4 Å². The lowest BCUT2D eigenvalue weighted by Gasteiger charge is -2.16. The Hall–Kier alpha value is -3.18. The molecule has 2 rings (SSSR count). The molecule has 2 aromatic carbocycles. The van der Waals surface area contributed by atoms with Gasteiger partial charge in [-0.25, -0.2) is 0 Å². The predicted octanol–water partition coefficient (Wildman–Crippen LogP) is 3.52. The fourth-order valence-electron chi connectivity index (χ4n) is 4.70. The van der Waals surface area contributed by atoms with Crippen LogP contribution < -0.4 is 30.7 Å². The van der Waals surface area contributed by atoms with Gasteiger partial charge in [-0.3, -0.25) is 9.59 Å². The van der Waals surface area contributed by atoms with Crippen LogP contribution in [0, 0.1) is 0 Å². The van der Waals surface area contributed by atoms with Gasteiger partial charge in [0.2, 0.25) is 11.8 Å². The topological polar surface area (TPSA) is 141 Å². The van der Waals surface area contributed by atoms with Crippen molar-refractivity contribution >= 4 is 11.8 Å². The summed E-state index contributed by atoms with van der Waals surface area (Å²) >= 11 is 0. The van der Waals surface area contributed by atoms with Crippen molar-refractivity contribution in [2.45, 2.75) is 103 Å². The second kappa shape index (κ2) is 23.2. The van der Waals surface area contributed by atoms with Gasteiger partial charge in [-0.1, -0.05) is 64.1 Å². The number of rotatable bonds is 25. The summed E-state index contributed by atoms with van der Waals surface area (Å²) in [5.74, 6) is 1.52. The van der Waals surface area contributed by atoms with Gasteiger partial charge in [0.05, 0.1) is 0 Å². The minimum atomic E-state index is -0.590. The van der Waals surface area contributed by atoms with Crippen LogP contribution in [0.4, 0.5) is 0 Å². The Bertz CT molecular complexity index is 1040. The highest BCUT2D eigenvalue weighted by Crippen LogP contribution is 2.21. The van der Waals surface area contributed by atoms with E-state index in [2.05, 4.69) is 21.3 Å². The van der Waals surface area contributed by atoms with E-state index < -0.39 is 12.2 Å². The summed E-state index contributed by atoms with van der Waals surface area (Å²) < 4.78 is 11.7. The van der Waals surface area contributed by atoms with Gasteiger partial charge in [0.15, 0.2) is 0 Å². The fourth-order valence-corrected chi connectivity index (χ4v) is 4.70. The number of aryl methyl sites for hydroxylation is 2. The van der Waals surface area contributed by atoms with Crippen molar-refractivity contribution in [2.24, 2.45) is 0 Å². The number of nitrogens with one attached hydrogen (secondary N) is 4. The highest BCUT2D eigenvalue weighted by Gasteiger charge is 2.11. The largest absolute Gasteiger partial charge is 0.491 e. The van der Waals surface area contributed by atoms with E-state index in [1.165, 1.54) is 0 Å². The number of para-hydroxylation sites is 2. The third-order valence-corrected chi connectivity index (χ3v) is 7.28. The van der Waals surface area contributed by atoms with Crippen molar-refractivity contribution in [1.29, 1.82) is 0 Å². The maximum atomic E-state index is 12.3. The zero-order chi connectivity index (χ0) is 33.6. The lowest BCUT2D eigenvalue weighted by molar-refractivity contribution is -0.122. The van der Waals surface area contributed by atoms with E-state index in [4.69, 9.17) is 9.47 Å². The van der Waals surface area contributed by atoms with Crippen LogP contribution >= 0.6 is 0 Å². The lowest BCUT2D eigenvalue weighted by atomic mass is 10.1. The Morgan fingerprint density at radius 2 is 1.02 bits per heavy atom. The van der Waals surface area contributed by atoms with E-state index in [9.17, 15) is 19.8 Å². The van der Waals surface area contributed by atoms with Gasteiger partial charge in [-0.05, 0) is 61.8 Å². The minimum absolute atomic E-state index is 0.0172. The quantitative estimate of drug-likeness (QED) is 0.0905. The molecule has 0 aliphatic rings. The van der Waals surface area contributed by atoms with Crippen molar-refractivity contribution in [1.82, 2.24) is 21.3 Å². The average molecular weight is 643 g/mol. The normalized spacial score (nSPS) is 12.6. The molecular formula is C36H58N4O6. The molecule has 0 spiro atoms.